The average molecular weight is 348 g/mol. The molecular formula is C16H14ClN3O2S. The lowest BCUT2D eigenvalue weighted by Crippen LogP contribution is -2.12. The topological polar surface area (TPSA) is 64.0 Å². The van der Waals surface area contributed by atoms with Crippen LogP contribution in [0.4, 0.5) is 5.69 Å². The van der Waals surface area contributed by atoms with Crippen LogP contribution in [-0.4, -0.2) is 18.2 Å². The second kappa shape index (κ2) is 6.06. The van der Waals surface area contributed by atoms with Gasteiger partial charge in [-0.15, -0.1) is 0 Å². The quantitative estimate of drug-likeness (QED) is 0.783. The van der Waals surface area contributed by atoms with E-state index in [0.29, 0.717) is 10.7 Å². The first kappa shape index (κ1) is 15.6. The molecule has 0 saturated heterocycles. The molecule has 5 nitrogen and oxygen atoms in total. The molecule has 0 bridgehead atoms. The highest BCUT2D eigenvalue weighted by atomic mass is 35.5. The van der Waals surface area contributed by atoms with E-state index < -0.39 is 10.0 Å². The fraction of sp³-hybridized carbons (Fsp3) is 0.0625. The lowest BCUT2D eigenvalue weighted by Gasteiger charge is -2.09. The zero-order valence-corrected chi connectivity index (χ0v) is 13.8. The van der Waals surface area contributed by atoms with Gasteiger partial charge in [-0.05, 0) is 61.5 Å². The van der Waals surface area contributed by atoms with Crippen LogP contribution in [0.25, 0.3) is 5.69 Å². The molecule has 0 aliphatic carbocycles. The van der Waals surface area contributed by atoms with Gasteiger partial charge in [0.15, 0.2) is 0 Å². The predicted octanol–water partition coefficient (Wildman–Crippen LogP) is 3.63. The highest BCUT2D eigenvalue weighted by Crippen LogP contribution is 2.19. The summed E-state index contributed by atoms with van der Waals surface area (Å²) < 4.78 is 28.9. The second-order valence-electron chi connectivity index (χ2n) is 5.01. The third-order valence-electron chi connectivity index (χ3n) is 3.23. The number of nitrogens with one attached hydrogen (secondary N) is 1. The van der Waals surface area contributed by atoms with Crippen molar-refractivity contribution >= 4 is 27.3 Å². The molecule has 0 radical (unpaired) electrons. The molecule has 1 aromatic heterocycles. The summed E-state index contributed by atoms with van der Waals surface area (Å²) in [6, 6.07) is 14.9. The number of aryl methyl sites for hydroxylation is 1. The van der Waals surface area contributed by atoms with E-state index in [-0.39, 0.29) is 4.90 Å². The second-order valence-corrected chi connectivity index (χ2v) is 7.13. The van der Waals surface area contributed by atoms with Crippen LogP contribution < -0.4 is 4.72 Å². The minimum atomic E-state index is -3.63. The molecule has 0 aliphatic heterocycles. The third-order valence-corrected chi connectivity index (χ3v) is 4.88. The molecular weight excluding hydrogens is 334 g/mol. The van der Waals surface area contributed by atoms with Crippen LogP contribution in [0.1, 0.15) is 5.69 Å². The van der Waals surface area contributed by atoms with Gasteiger partial charge in [0.2, 0.25) is 0 Å². The van der Waals surface area contributed by atoms with Crippen molar-refractivity contribution in [3.63, 3.8) is 0 Å². The number of hydrogen-bond donors (Lipinski definition) is 1. The fourth-order valence-corrected chi connectivity index (χ4v) is 3.25. The van der Waals surface area contributed by atoms with Gasteiger partial charge in [-0.2, -0.15) is 5.10 Å². The van der Waals surface area contributed by atoms with E-state index in [1.165, 1.54) is 12.1 Å². The molecule has 0 amide bonds. The average Bonchev–Trinajstić information content (AvgIpc) is 2.95. The molecule has 2 aromatic carbocycles. The molecule has 1 heterocycles. The number of nitrogens with zero attached hydrogens (tertiary/aromatic N) is 2. The summed E-state index contributed by atoms with van der Waals surface area (Å²) in [4.78, 5) is 0.161. The van der Waals surface area contributed by atoms with Crippen molar-refractivity contribution in [2.75, 3.05) is 4.72 Å². The van der Waals surface area contributed by atoms with Crippen molar-refractivity contribution in [2.45, 2.75) is 11.8 Å². The Bertz CT molecular complexity index is 917. The Morgan fingerprint density at radius 3 is 2.22 bits per heavy atom. The van der Waals surface area contributed by atoms with Gasteiger partial charge in [0.05, 0.1) is 16.3 Å². The van der Waals surface area contributed by atoms with Crippen molar-refractivity contribution in [3.05, 3.63) is 71.5 Å². The minimum absolute atomic E-state index is 0.161. The third kappa shape index (κ3) is 3.55. The molecule has 1 N–H and O–H groups in total. The molecule has 0 unspecified atom stereocenters. The zero-order valence-electron chi connectivity index (χ0n) is 12.3. The lowest BCUT2D eigenvalue weighted by atomic mass is 10.3. The van der Waals surface area contributed by atoms with Gasteiger partial charge in [-0.25, -0.2) is 13.1 Å². The highest BCUT2D eigenvalue weighted by molar-refractivity contribution is 7.92. The summed E-state index contributed by atoms with van der Waals surface area (Å²) in [5.74, 6) is 0. The first-order valence-corrected chi connectivity index (χ1v) is 8.71. The van der Waals surface area contributed by atoms with Crippen LogP contribution in [0.2, 0.25) is 5.02 Å². The van der Waals surface area contributed by atoms with Crippen molar-refractivity contribution in [3.8, 4) is 5.69 Å². The standard InChI is InChI=1S/C16H14ClN3O2S/c1-12-10-11-20(18-12)15-6-4-14(5-7-15)19-23(21,22)16-8-2-13(17)3-9-16/h2-11,19H,1H3. The summed E-state index contributed by atoms with van der Waals surface area (Å²) in [5.41, 5.74) is 2.25. The van der Waals surface area contributed by atoms with Gasteiger partial charge >= 0.3 is 0 Å². The number of anilines is 1. The van der Waals surface area contributed by atoms with Crippen LogP contribution in [-0.2, 0) is 10.0 Å². The van der Waals surface area contributed by atoms with E-state index >= 15 is 0 Å². The Morgan fingerprint density at radius 1 is 1.00 bits per heavy atom. The van der Waals surface area contributed by atoms with Crippen LogP contribution in [0.5, 0.6) is 0 Å². The van der Waals surface area contributed by atoms with Crippen molar-refractivity contribution in [2.24, 2.45) is 0 Å². The summed E-state index contributed by atoms with van der Waals surface area (Å²) in [6.07, 6.45) is 1.85. The van der Waals surface area contributed by atoms with E-state index in [9.17, 15) is 8.42 Å². The number of sulfonamides is 1. The maximum absolute atomic E-state index is 12.3. The van der Waals surface area contributed by atoms with E-state index in [4.69, 9.17) is 11.6 Å². The Balaban J connectivity index is 1.81. The maximum Gasteiger partial charge on any atom is 0.261 e. The Labute approximate surface area is 139 Å². The predicted molar refractivity (Wildman–Crippen MR) is 90.6 cm³/mol. The summed E-state index contributed by atoms with van der Waals surface area (Å²) in [5, 5.41) is 4.80. The number of halogens is 1. The van der Waals surface area contributed by atoms with E-state index in [0.717, 1.165) is 11.4 Å². The normalized spacial score (nSPS) is 11.4. The van der Waals surface area contributed by atoms with Gasteiger partial charge in [0.25, 0.3) is 10.0 Å². The first-order valence-electron chi connectivity index (χ1n) is 6.85. The monoisotopic (exact) mass is 347 g/mol. The van der Waals surface area contributed by atoms with Crippen LogP contribution in [0, 0.1) is 6.92 Å². The molecule has 0 aliphatic rings. The van der Waals surface area contributed by atoms with Crippen LogP contribution in [0.15, 0.2) is 65.7 Å². The largest absolute Gasteiger partial charge is 0.280 e. The molecule has 0 fully saturated rings. The van der Waals surface area contributed by atoms with Crippen molar-refractivity contribution in [1.82, 2.24) is 9.78 Å². The molecule has 0 saturated carbocycles. The lowest BCUT2D eigenvalue weighted by molar-refractivity contribution is 0.601. The summed E-state index contributed by atoms with van der Waals surface area (Å²) in [6.45, 7) is 1.91. The summed E-state index contributed by atoms with van der Waals surface area (Å²) >= 11 is 5.78. The van der Waals surface area contributed by atoms with Gasteiger partial charge in [-0.1, -0.05) is 11.6 Å². The maximum atomic E-state index is 12.3. The van der Waals surface area contributed by atoms with E-state index in [1.54, 1.807) is 41.1 Å². The SMILES string of the molecule is Cc1ccn(-c2ccc(NS(=O)(=O)c3ccc(Cl)cc3)cc2)n1. The molecule has 7 heteroatoms. The van der Waals surface area contributed by atoms with E-state index in [1.807, 2.05) is 19.2 Å². The number of rotatable bonds is 4. The Kier molecular flexibility index (Phi) is 4.11. The van der Waals surface area contributed by atoms with Crippen LogP contribution >= 0.6 is 11.6 Å². The summed E-state index contributed by atoms with van der Waals surface area (Å²) in [7, 11) is -3.63. The smallest absolute Gasteiger partial charge is 0.261 e. The number of aromatic nitrogens is 2. The van der Waals surface area contributed by atoms with Gasteiger partial charge in [-0.3, -0.25) is 4.72 Å². The highest BCUT2D eigenvalue weighted by Gasteiger charge is 2.13. The Morgan fingerprint density at radius 2 is 1.65 bits per heavy atom. The number of benzene rings is 2. The zero-order chi connectivity index (χ0) is 16.4. The molecule has 0 spiro atoms. The molecule has 0 atom stereocenters. The van der Waals surface area contributed by atoms with Crippen molar-refractivity contribution in [1.29, 1.82) is 0 Å². The minimum Gasteiger partial charge on any atom is -0.280 e. The molecule has 3 aromatic rings. The molecule has 3 rings (SSSR count). The number of hydrogen-bond acceptors (Lipinski definition) is 3. The fourth-order valence-electron chi connectivity index (χ4n) is 2.07. The molecule has 118 valence electrons. The van der Waals surface area contributed by atoms with Crippen molar-refractivity contribution < 1.29 is 8.42 Å². The van der Waals surface area contributed by atoms with Gasteiger partial charge < -0.3 is 0 Å². The van der Waals surface area contributed by atoms with E-state index in [2.05, 4.69) is 9.82 Å². The van der Waals surface area contributed by atoms with Gasteiger partial charge in [0.1, 0.15) is 0 Å². The Hall–Kier alpha value is -2.31. The first-order chi connectivity index (χ1) is 10.9. The molecule has 23 heavy (non-hydrogen) atoms. The van der Waals surface area contributed by atoms with Crippen LogP contribution in [0.3, 0.4) is 0 Å². The van der Waals surface area contributed by atoms with Gasteiger partial charge in [0, 0.05) is 16.9 Å².